The fourth-order valence-corrected chi connectivity index (χ4v) is 3.43. The second-order valence-corrected chi connectivity index (χ2v) is 6.86. The Morgan fingerprint density at radius 3 is 2.61 bits per heavy atom. The van der Waals surface area contributed by atoms with Crippen molar-refractivity contribution in [2.24, 2.45) is 4.99 Å². The summed E-state index contributed by atoms with van der Waals surface area (Å²) in [5.41, 5.74) is 3.22. The molecule has 146 valence electrons. The zero-order chi connectivity index (χ0) is 18.6. The van der Waals surface area contributed by atoms with Crippen LogP contribution in [0.2, 0.25) is 5.02 Å². The van der Waals surface area contributed by atoms with Crippen molar-refractivity contribution < 1.29 is 9.47 Å². The molecule has 0 radical (unpaired) electrons. The van der Waals surface area contributed by atoms with Crippen LogP contribution >= 0.6 is 24.0 Å². The van der Waals surface area contributed by atoms with Gasteiger partial charge in [-0.2, -0.15) is 0 Å². The van der Waals surface area contributed by atoms with Crippen LogP contribution in [0.1, 0.15) is 5.56 Å². The lowest BCUT2D eigenvalue weighted by Gasteiger charge is -2.14. The number of fused-ring (bicyclic) bond motifs is 1. The highest BCUT2D eigenvalue weighted by Gasteiger charge is 2.15. The molecule has 0 bridgehead atoms. The summed E-state index contributed by atoms with van der Waals surface area (Å²) in [5.74, 6) is 1.71. The Hall–Kier alpha value is -2.27. The monoisotopic (exact) mass is 416 g/mol. The minimum atomic E-state index is 0. The maximum Gasteiger partial charge on any atom is 0.132 e. The van der Waals surface area contributed by atoms with Gasteiger partial charge in [0.15, 0.2) is 0 Å². The Morgan fingerprint density at radius 1 is 1.00 bits per heavy atom. The highest BCUT2D eigenvalue weighted by molar-refractivity contribution is 6.30. The van der Waals surface area contributed by atoms with Gasteiger partial charge in [-0.25, -0.2) is 0 Å². The van der Waals surface area contributed by atoms with Crippen molar-refractivity contribution >= 4 is 40.6 Å². The zero-order valence-electron chi connectivity index (χ0n) is 15.6. The van der Waals surface area contributed by atoms with Gasteiger partial charge in [0, 0.05) is 18.7 Å². The van der Waals surface area contributed by atoms with Crippen LogP contribution in [-0.4, -0.2) is 39.2 Å². The first-order valence-corrected chi connectivity index (χ1v) is 9.36. The fraction of sp³-hybridized carbons (Fsp3) is 0.227. The van der Waals surface area contributed by atoms with Crippen molar-refractivity contribution in [3.63, 3.8) is 0 Å². The van der Waals surface area contributed by atoms with Crippen LogP contribution in [0.25, 0.3) is 21.9 Å². The number of rotatable bonds is 6. The normalized spacial score (nSPS) is 13.0. The molecule has 28 heavy (non-hydrogen) atoms. The second-order valence-electron chi connectivity index (χ2n) is 6.42. The van der Waals surface area contributed by atoms with Crippen molar-refractivity contribution in [2.75, 3.05) is 33.4 Å². The lowest BCUT2D eigenvalue weighted by atomic mass is 9.99. The lowest BCUT2D eigenvalue weighted by Crippen LogP contribution is -2.20. The number of nitrogens with zero attached hydrogens (tertiary/aromatic N) is 1. The van der Waals surface area contributed by atoms with Crippen molar-refractivity contribution in [2.45, 2.75) is 0 Å². The molecule has 3 aromatic rings. The third-order valence-electron chi connectivity index (χ3n) is 4.57. The first kappa shape index (κ1) is 20.5. The number of halogens is 2. The molecular weight excluding hydrogens is 395 g/mol. The van der Waals surface area contributed by atoms with E-state index in [0.29, 0.717) is 13.2 Å². The summed E-state index contributed by atoms with van der Waals surface area (Å²) in [5, 5.41) is 6.34. The van der Waals surface area contributed by atoms with Crippen molar-refractivity contribution in [3.8, 4) is 16.9 Å². The first-order valence-electron chi connectivity index (χ1n) is 8.99. The molecule has 0 amide bonds. The molecule has 6 heteroatoms. The summed E-state index contributed by atoms with van der Waals surface area (Å²) in [4.78, 5) is 4.57. The summed E-state index contributed by atoms with van der Waals surface area (Å²) in [6, 6.07) is 18.5. The van der Waals surface area contributed by atoms with Gasteiger partial charge in [-0.1, -0.05) is 35.9 Å². The molecule has 1 aliphatic heterocycles. The number of hydrogen-bond acceptors (Lipinski definition) is 4. The molecule has 0 aromatic heterocycles. The van der Waals surface area contributed by atoms with Crippen molar-refractivity contribution in [1.29, 1.82) is 0 Å². The second kappa shape index (κ2) is 9.28. The maximum atomic E-state index is 6.15. The average Bonchev–Trinajstić information content (AvgIpc) is 3.22. The van der Waals surface area contributed by atoms with E-state index in [0.717, 1.165) is 57.2 Å². The average molecular weight is 417 g/mol. The van der Waals surface area contributed by atoms with E-state index in [1.807, 2.05) is 18.2 Å². The van der Waals surface area contributed by atoms with Gasteiger partial charge in [-0.15, -0.1) is 12.4 Å². The van der Waals surface area contributed by atoms with E-state index in [2.05, 4.69) is 46.7 Å². The predicted octanol–water partition coefficient (Wildman–Crippen LogP) is 4.96. The van der Waals surface area contributed by atoms with E-state index in [4.69, 9.17) is 21.1 Å². The molecule has 0 aliphatic carbocycles. The molecular formula is C22H22Cl2N2O2. The Balaban J connectivity index is 0.00000225. The van der Waals surface area contributed by atoms with Gasteiger partial charge in [0.05, 0.1) is 18.7 Å². The Labute approximate surface area is 175 Å². The number of aliphatic imine (C=N–C) groups is 1. The Bertz CT molecular complexity index is 1000. The van der Waals surface area contributed by atoms with Crippen LogP contribution in [0.5, 0.6) is 5.75 Å². The van der Waals surface area contributed by atoms with E-state index in [1.54, 1.807) is 7.11 Å². The lowest BCUT2D eigenvalue weighted by molar-refractivity contribution is 0.146. The number of nitrogens with one attached hydrogen (secondary N) is 1. The largest absolute Gasteiger partial charge is 0.490 e. The molecule has 0 unspecified atom stereocenters. The zero-order valence-corrected chi connectivity index (χ0v) is 17.1. The SMILES string of the molecule is COCCOc1cc2ccc(-c3cccc(Cl)c3)cc2cc1C1=NCCN1.Cl. The van der Waals surface area contributed by atoms with Gasteiger partial charge in [0.1, 0.15) is 18.2 Å². The number of methoxy groups -OCH3 is 1. The van der Waals surface area contributed by atoms with Crippen LogP contribution < -0.4 is 10.1 Å². The molecule has 1 aliphatic rings. The van der Waals surface area contributed by atoms with Crippen LogP contribution in [0.15, 0.2) is 59.6 Å². The summed E-state index contributed by atoms with van der Waals surface area (Å²) in [6.07, 6.45) is 0. The summed E-state index contributed by atoms with van der Waals surface area (Å²) < 4.78 is 11.1. The van der Waals surface area contributed by atoms with E-state index in [9.17, 15) is 0 Å². The van der Waals surface area contributed by atoms with Crippen LogP contribution in [0.4, 0.5) is 0 Å². The van der Waals surface area contributed by atoms with E-state index in [-0.39, 0.29) is 12.4 Å². The molecule has 4 rings (SSSR count). The smallest absolute Gasteiger partial charge is 0.132 e. The molecule has 1 heterocycles. The van der Waals surface area contributed by atoms with E-state index >= 15 is 0 Å². The Morgan fingerprint density at radius 2 is 1.86 bits per heavy atom. The molecule has 1 N–H and O–H groups in total. The molecule has 0 saturated heterocycles. The number of hydrogen-bond donors (Lipinski definition) is 1. The van der Waals surface area contributed by atoms with Crippen LogP contribution in [-0.2, 0) is 4.74 Å². The van der Waals surface area contributed by atoms with Crippen molar-refractivity contribution in [1.82, 2.24) is 5.32 Å². The molecule has 3 aromatic carbocycles. The fourth-order valence-electron chi connectivity index (χ4n) is 3.24. The van der Waals surface area contributed by atoms with E-state index in [1.165, 1.54) is 0 Å². The molecule has 0 atom stereocenters. The third kappa shape index (κ3) is 4.41. The van der Waals surface area contributed by atoms with Crippen LogP contribution in [0.3, 0.4) is 0 Å². The number of ether oxygens (including phenoxy) is 2. The molecule has 4 nitrogen and oxygen atoms in total. The van der Waals surface area contributed by atoms with E-state index < -0.39 is 0 Å². The standard InChI is InChI=1S/C22H21ClN2O2.ClH/c1-26-9-10-27-21-14-17-6-5-16(15-3-2-4-19(23)12-15)11-18(17)13-20(21)22-24-7-8-25-22;/h2-6,11-14H,7-10H2,1H3,(H,24,25);1H. The van der Waals surface area contributed by atoms with Gasteiger partial charge in [-0.3, -0.25) is 4.99 Å². The summed E-state index contributed by atoms with van der Waals surface area (Å²) >= 11 is 6.15. The third-order valence-corrected chi connectivity index (χ3v) is 4.81. The van der Waals surface area contributed by atoms with Gasteiger partial charge in [0.25, 0.3) is 0 Å². The van der Waals surface area contributed by atoms with Gasteiger partial charge in [0.2, 0.25) is 0 Å². The molecule has 0 fully saturated rings. The minimum Gasteiger partial charge on any atom is -0.490 e. The summed E-state index contributed by atoms with van der Waals surface area (Å²) in [6.45, 7) is 2.69. The quantitative estimate of drug-likeness (QED) is 0.577. The maximum absolute atomic E-state index is 6.15. The first-order chi connectivity index (χ1) is 13.2. The molecule has 0 saturated carbocycles. The number of amidine groups is 1. The predicted molar refractivity (Wildman–Crippen MR) is 118 cm³/mol. The van der Waals surface area contributed by atoms with Gasteiger partial charge in [-0.05, 0) is 52.2 Å². The van der Waals surface area contributed by atoms with Crippen molar-refractivity contribution in [3.05, 3.63) is 65.2 Å². The van der Waals surface area contributed by atoms with Gasteiger partial charge < -0.3 is 14.8 Å². The van der Waals surface area contributed by atoms with Crippen LogP contribution in [0, 0.1) is 0 Å². The highest BCUT2D eigenvalue weighted by Crippen LogP contribution is 2.31. The number of benzene rings is 3. The Kier molecular flexibility index (Phi) is 6.79. The highest BCUT2D eigenvalue weighted by atomic mass is 35.5. The minimum absolute atomic E-state index is 0. The van der Waals surface area contributed by atoms with Gasteiger partial charge >= 0.3 is 0 Å². The molecule has 0 spiro atoms. The topological polar surface area (TPSA) is 42.9 Å². The summed E-state index contributed by atoms with van der Waals surface area (Å²) in [7, 11) is 1.67.